The van der Waals surface area contributed by atoms with Gasteiger partial charge in [-0.25, -0.2) is 0 Å². The number of nitrogens with two attached hydrogens (primary N) is 1. The van der Waals surface area contributed by atoms with Crippen molar-refractivity contribution in [1.29, 1.82) is 0 Å². The van der Waals surface area contributed by atoms with Gasteiger partial charge in [0, 0.05) is 25.2 Å². The lowest BCUT2D eigenvalue weighted by atomic mass is 10.1. The average molecular weight is 285 g/mol. The first-order valence-electron chi connectivity index (χ1n) is 6.47. The minimum Gasteiger partial charge on any atom is -0.493 e. The quantitative estimate of drug-likeness (QED) is 0.921. The minimum absolute atomic E-state index is 0.249. The lowest BCUT2D eigenvalue weighted by molar-refractivity contribution is 0.251. The zero-order valence-electron chi connectivity index (χ0n) is 11.6. The minimum atomic E-state index is 0.249. The number of benzene rings is 1. The summed E-state index contributed by atoms with van der Waals surface area (Å²) in [4.78, 5) is 2.35. The first kappa shape index (κ1) is 14.4. The largest absolute Gasteiger partial charge is 0.493 e. The predicted molar refractivity (Wildman–Crippen MR) is 77.0 cm³/mol. The Morgan fingerprint density at radius 3 is 2.63 bits per heavy atom. The molecule has 0 amide bonds. The second-order valence-corrected chi connectivity index (χ2v) is 5.32. The van der Waals surface area contributed by atoms with Crippen molar-refractivity contribution >= 4 is 11.6 Å². The van der Waals surface area contributed by atoms with Gasteiger partial charge in [0.15, 0.2) is 11.5 Å². The second kappa shape index (κ2) is 5.99. The molecule has 0 spiro atoms. The summed E-state index contributed by atoms with van der Waals surface area (Å²) in [7, 11) is 3.21. The van der Waals surface area contributed by atoms with E-state index in [1.807, 2.05) is 12.1 Å². The lowest BCUT2D eigenvalue weighted by Gasteiger charge is -2.24. The van der Waals surface area contributed by atoms with E-state index in [9.17, 15) is 0 Å². The van der Waals surface area contributed by atoms with Crippen molar-refractivity contribution in [3.8, 4) is 11.5 Å². The van der Waals surface area contributed by atoms with Gasteiger partial charge in [0.05, 0.1) is 19.2 Å². The van der Waals surface area contributed by atoms with Crippen molar-refractivity contribution in [3.05, 3.63) is 22.7 Å². The summed E-state index contributed by atoms with van der Waals surface area (Å²) in [6, 6.07) is 4.50. The highest BCUT2D eigenvalue weighted by Gasteiger charge is 2.28. The van der Waals surface area contributed by atoms with Crippen LogP contribution >= 0.6 is 11.6 Å². The van der Waals surface area contributed by atoms with E-state index in [1.54, 1.807) is 14.2 Å². The van der Waals surface area contributed by atoms with Gasteiger partial charge in [-0.05, 0) is 25.0 Å². The van der Waals surface area contributed by atoms with E-state index in [-0.39, 0.29) is 6.04 Å². The van der Waals surface area contributed by atoms with Crippen LogP contribution in [0.4, 0.5) is 0 Å². The van der Waals surface area contributed by atoms with Gasteiger partial charge in [0.2, 0.25) is 0 Å². The molecule has 5 heteroatoms. The zero-order valence-corrected chi connectivity index (χ0v) is 12.4. The van der Waals surface area contributed by atoms with Crippen LogP contribution in [0.3, 0.4) is 0 Å². The summed E-state index contributed by atoms with van der Waals surface area (Å²) in [5.41, 5.74) is 7.08. The molecule has 1 aromatic carbocycles. The Balaban J connectivity index is 2.22. The Morgan fingerprint density at radius 1 is 1.37 bits per heavy atom. The van der Waals surface area contributed by atoms with E-state index in [4.69, 9.17) is 26.8 Å². The molecule has 1 saturated heterocycles. The lowest BCUT2D eigenvalue weighted by Crippen LogP contribution is -2.36. The van der Waals surface area contributed by atoms with E-state index in [2.05, 4.69) is 11.8 Å². The Bertz CT molecular complexity index is 453. The third-order valence-corrected chi connectivity index (χ3v) is 4.30. The van der Waals surface area contributed by atoms with E-state index >= 15 is 0 Å². The van der Waals surface area contributed by atoms with Crippen LogP contribution in [0.2, 0.25) is 5.02 Å². The molecule has 0 bridgehead atoms. The fraction of sp³-hybridized carbons (Fsp3) is 0.571. The third kappa shape index (κ3) is 2.81. The molecule has 2 unspecified atom stereocenters. The number of ether oxygens (including phenoxy) is 2. The summed E-state index contributed by atoms with van der Waals surface area (Å²) in [6.07, 6.45) is 1.03. The summed E-state index contributed by atoms with van der Waals surface area (Å²) >= 11 is 6.39. The number of nitrogens with zero attached hydrogens (tertiary/aromatic N) is 1. The molecule has 1 heterocycles. The maximum Gasteiger partial charge on any atom is 0.179 e. The standard InChI is InChI=1S/C14H21ClN2O2/c1-9-11(16)6-7-17(9)8-10-4-5-12(18-2)14(19-3)13(10)15/h4-5,9,11H,6-8,16H2,1-3H3. The highest BCUT2D eigenvalue weighted by molar-refractivity contribution is 6.33. The first-order chi connectivity index (χ1) is 9.08. The van der Waals surface area contributed by atoms with Crippen molar-refractivity contribution in [1.82, 2.24) is 4.90 Å². The molecule has 2 N–H and O–H groups in total. The molecule has 1 aliphatic rings. The summed E-state index contributed by atoms with van der Waals surface area (Å²) in [5.74, 6) is 1.25. The van der Waals surface area contributed by atoms with E-state index < -0.39 is 0 Å². The van der Waals surface area contributed by atoms with Gasteiger partial charge in [-0.1, -0.05) is 17.7 Å². The number of likely N-dealkylation sites (tertiary alicyclic amines) is 1. The zero-order chi connectivity index (χ0) is 14.0. The van der Waals surface area contributed by atoms with Crippen LogP contribution in [-0.4, -0.2) is 37.7 Å². The number of hydrogen-bond acceptors (Lipinski definition) is 4. The summed E-state index contributed by atoms with van der Waals surface area (Å²) < 4.78 is 10.6. The molecule has 0 aromatic heterocycles. The van der Waals surface area contributed by atoms with Crippen molar-refractivity contribution in [3.63, 3.8) is 0 Å². The Kier molecular flexibility index (Phi) is 4.55. The molecule has 0 radical (unpaired) electrons. The van der Waals surface area contributed by atoms with E-state index in [1.165, 1.54) is 0 Å². The Hall–Kier alpha value is -0.970. The van der Waals surface area contributed by atoms with Crippen LogP contribution in [-0.2, 0) is 6.54 Å². The molecule has 1 fully saturated rings. The Labute approximate surface area is 119 Å². The van der Waals surface area contributed by atoms with Crippen LogP contribution in [0, 0.1) is 0 Å². The first-order valence-corrected chi connectivity index (χ1v) is 6.85. The molecular formula is C14H21ClN2O2. The molecule has 1 aromatic rings. The highest BCUT2D eigenvalue weighted by atomic mass is 35.5. The van der Waals surface area contributed by atoms with Gasteiger partial charge < -0.3 is 15.2 Å². The average Bonchev–Trinajstić information content (AvgIpc) is 2.72. The monoisotopic (exact) mass is 284 g/mol. The molecule has 0 aliphatic carbocycles. The number of methoxy groups -OCH3 is 2. The van der Waals surface area contributed by atoms with Crippen molar-refractivity contribution in [2.75, 3.05) is 20.8 Å². The molecule has 4 nitrogen and oxygen atoms in total. The fourth-order valence-electron chi connectivity index (χ4n) is 2.52. The topological polar surface area (TPSA) is 47.7 Å². The van der Waals surface area contributed by atoms with E-state index in [0.717, 1.165) is 25.1 Å². The molecule has 2 atom stereocenters. The number of halogens is 1. The van der Waals surface area contributed by atoms with Crippen LogP contribution in [0.25, 0.3) is 0 Å². The fourth-order valence-corrected chi connectivity index (χ4v) is 2.82. The van der Waals surface area contributed by atoms with Gasteiger partial charge in [0.25, 0.3) is 0 Å². The maximum atomic E-state index is 6.39. The van der Waals surface area contributed by atoms with Crippen LogP contribution in [0.15, 0.2) is 12.1 Å². The Morgan fingerprint density at radius 2 is 2.11 bits per heavy atom. The van der Waals surface area contributed by atoms with Gasteiger partial charge in [0.1, 0.15) is 0 Å². The molecule has 2 rings (SSSR count). The van der Waals surface area contributed by atoms with Crippen molar-refractivity contribution in [2.24, 2.45) is 5.73 Å². The highest BCUT2D eigenvalue weighted by Crippen LogP contribution is 2.38. The predicted octanol–water partition coefficient (Wildman–Crippen LogP) is 2.28. The smallest absolute Gasteiger partial charge is 0.179 e. The second-order valence-electron chi connectivity index (χ2n) is 4.94. The van der Waals surface area contributed by atoms with Crippen LogP contribution in [0.1, 0.15) is 18.9 Å². The van der Waals surface area contributed by atoms with Crippen molar-refractivity contribution in [2.45, 2.75) is 32.0 Å². The van der Waals surface area contributed by atoms with Crippen LogP contribution < -0.4 is 15.2 Å². The molecule has 106 valence electrons. The van der Waals surface area contributed by atoms with Gasteiger partial charge in [-0.2, -0.15) is 0 Å². The van der Waals surface area contributed by atoms with E-state index in [0.29, 0.717) is 22.6 Å². The maximum absolute atomic E-state index is 6.39. The van der Waals surface area contributed by atoms with Gasteiger partial charge in [-0.3, -0.25) is 4.90 Å². The normalized spacial score (nSPS) is 23.6. The molecule has 0 saturated carbocycles. The van der Waals surface area contributed by atoms with Crippen molar-refractivity contribution < 1.29 is 9.47 Å². The van der Waals surface area contributed by atoms with Gasteiger partial charge >= 0.3 is 0 Å². The molecular weight excluding hydrogens is 264 g/mol. The summed E-state index contributed by atoms with van der Waals surface area (Å²) in [6.45, 7) is 3.95. The molecule has 1 aliphatic heterocycles. The SMILES string of the molecule is COc1ccc(CN2CCC(N)C2C)c(Cl)c1OC. The van der Waals surface area contributed by atoms with Crippen LogP contribution in [0.5, 0.6) is 11.5 Å². The van der Waals surface area contributed by atoms with Gasteiger partial charge in [-0.15, -0.1) is 0 Å². The summed E-state index contributed by atoms with van der Waals surface area (Å²) in [5, 5.41) is 0.620. The third-order valence-electron chi connectivity index (χ3n) is 3.88. The molecule has 19 heavy (non-hydrogen) atoms. The number of hydrogen-bond donors (Lipinski definition) is 1. The number of rotatable bonds is 4.